The summed E-state index contributed by atoms with van der Waals surface area (Å²) in [5.74, 6) is -2.37. The average molecular weight is 760 g/mol. The Labute approximate surface area is 316 Å². The van der Waals surface area contributed by atoms with E-state index in [9.17, 15) is 29.7 Å². The maximum absolute atomic E-state index is 13.6. The second-order valence-corrected chi connectivity index (χ2v) is 16.1. The van der Waals surface area contributed by atoms with Gasteiger partial charge in [-0.15, -0.1) is 0 Å². The summed E-state index contributed by atoms with van der Waals surface area (Å²) in [5.41, 5.74) is 0. The lowest BCUT2D eigenvalue weighted by Crippen LogP contribution is -2.59. The number of ketones is 1. The smallest absolute Gasteiger partial charge is 0.308 e. The third-order valence-electron chi connectivity index (χ3n) is 11.7. The Hall–Kier alpha value is -1.59. The van der Waals surface area contributed by atoms with E-state index in [1.807, 2.05) is 39.8 Å². The van der Waals surface area contributed by atoms with Crippen LogP contribution in [0.25, 0.3) is 0 Å². The lowest BCUT2D eigenvalue weighted by molar-refractivity contribution is -0.305. The van der Waals surface area contributed by atoms with E-state index in [0.29, 0.717) is 38.5 Å². The highest BCUT2D eigenvalue weighted by Gasteiger charge is 2.46. The summed E-state index contributed by atoms with van der Waals surface area (Å²) in [5, 5.41) is 33.5. The van der Waals surface area contributed by atoms with Crippen LogP contribution in [0.4, 0.5) is 0 Å². The van der Waals surface area contributed by atoms with E-state index < -0.39 is 85.1 Å². The van der Waals surface area contributed by atoms with Crippen LogP contribution in [0, 0.1) is 29.6 Å². The van der Waals surface area contributed by atoms with Crippen molar-refractivity contribution < 1.29 is 62.9 Å². The Kier molecular flexibility index (Phi) is 18.7. The Bertz CT molecular complexity index is 1130. The molecule has 3 heterocycles. The number of hydrogen-bond acceptors (Lipinski definition) is 14. The minimum atomic E-state index is -1.23. The number of esters is 1. The summed E-state index contributed by atoms with van der Waals surface area (Å²) in [6.07, 6.45) is -5.26. The Morgan fingerprint density at radius 3 is 2.15 bits per heavy atom. The molecule has 3 fully saturated rings. The highest BCUT2D eigenvalue weighted by molar-refractivity contribution is 5.80. The van der Waals surface area contributed by atoms with Crippen LogP contribution in [-0.2, 0) is 47.5 Å². The summed E-state index contributed by atoms with van der Waals surface area (Å²) < 4.78 is 42.1. The minimum Gasteiger partial charge on any atom is -0.462 e. The molecule has 3 N–H and O–H groups in total. The van der Waals surface area contributed by atoms with Gasteiger partial charge in [-0.1, -0.05) is 27.7 Å². The number of aliphatic hydroxyl groups excluding tert-OH is 3. The van der Waals surface area contributed by atoms with Gasteiger partial charge < -0.3 is 58.2 Å². The number of ether oxygens (including phenoxy) is 7. The zero-order chi connectivity index (χ0) is 39.6. The number of methoxy groups -OCH3 is 2. The quantitative estimate of drug-likeness (QED) is 0.207. The first-order chi connectivity index (χ1) is 25.1. The van der Waals surface area contributed by atoms with Crippen molar-refractivity contribution in [3.8, 4) is 0 Å². The number of carbonyl (C=O) groups is 3. The lowest BCUT2D eigenvalue weighted by atomic mass is 9.79. The molecule has 308 valence electrons. The fourth-order valence-electron chi connectivity index (χ4n) is 8.31. The molecule has 3 aliphatic heterocycles. The van der Waals surface area contributed by atoms with Crippen LogP contribution in [0.3, 0.4) is 0 Å². The van der Waals surface area contributed by atoms with Crippen LogP contribution in [0.15, 0.2) is 0 Å². The van der Waals surface area contributed by atoms with E-state index in [4.69, 9.17) is 33.2 Å². The number of carbonyl (C=O) groups excluding carboxylic acids is 3. The molecule has 0 aromatic heterocycles. The van der Waals surface area contributed by atoms with E-state index in [-0.39, 0.29) is 49.2 Å². The van der Waals surface area contributed by atoms with Crippen molar-refractivity contribution in [3.05, 3.63) is 0 Å². The van der Waals surface area contributed by atoms with Gasteiger partial charge in [0.25, 0.3) is 0 Å². The maximum atomic E-state index is 13.6. The highest BCUT2D eigenvalue weighted by atomic mass is 16.7. The van der Waals surface area contributed by atoms with Crippen LogP contribution in [-0.4, -0.2) is 147 Å². The number of Topliss-reactive ketones (excluding diaryl/α,β-unsaturated/α-hetero) is 1. The average Bonchev–Trinajstić information content (AvgIpc) is 3.11. The molecule has 3 saturated heterocycles. The molecule has 0 spiro atoms. The number of aliphatic hydroxyl groups is 3. The van der Waals surface area contributed by atoms with Crippen molar-refractivity contribution in [1.82, 2.24) is 4.90 Å². The highest BCUT2D eigenvalue weighted by Crippen LogP contribution is 2.35. The molecule has 0 aromatic rings. The number of nitrogens with zero attached hydrogens (tertiary/aromatic N) is 1. The van der Waals surface area contributed by atoms with Crippen molar-refractivity contribution in [2.24, 2.45) is 29.6 Å². The molecular weight excluding hydrogens is 690 g/mol. The summed E-state index contributed by atoms with van der Waals surface area (Å²) in [6.45, 7) is 11.3. The number of aldehydes is 1. The van der Waals surface area contributed by atoms with Crippen LogP contribution < -0.4 is 0 Å². The maximum Gasteiger partial charge on any atom is 0.308 e. The lowest BCUT2D eigenvalue weighted by Gasteiger charge is -2.44. The Morgan fingerprint density at radius 2 is 1.55 bits per heavy atom. The minimum absolute atomic E-state index is 0.0578. The van der Waals surface area contributed by atoms with Gasteiger partial charge in [0.05, 0.1) is 37.4 Å². The second-order valence-electron chi connectivity index (χ2n) is 16.1. The normalized spacial score (nSPS) is 43.0. The van der Waals surface area contributed by atoms with Gasteiger partial charge in [0, 0.05) is 50.9 Å². The molecule has 1 unspecified atom stereocenters. The Balaban J connectivity index is 1.90. The molecule has 0 amide bonds. The van der Waals surface area contributed by atoms with Gasteiger partial charge in [-0.05, 0) is 71.9 Å². The SMILES string of the molecule is CC[C@H]1OC(=O)C[C@@H](O)[C@H](C)[C@@H](O[C@@H]2O[C@H](C)C[C@H](N(C)C)[C@H]2O)[C@@H](CC=O)C[C@@H](C)C(=O)CCC(C)C[C@@H]1CO[C@@H]1O[C@H](C)[C@@H](O)[C@@H](OC)[C@H]1OC. The van der Waals surface area contributed by atoms with E-state index in [0.717, 1.165) is 6.29 Å². The van der Waals surface area contributed by atoms with Crippen molar-refractivity contribution in [3.63, 3.8) is 0 Å². The van der Waals surface area contributed by atoms with Crippen molar-refractivity contribution in [1.29, 1.82) is 0 Å². The van der Waals surface area contributed by atoms with E-state index in [2.05, 4.69) is 6.92 Å². The van der Waals surface area contributed by atoms with Crippen molar-refractivity contribution >= 4 is 18.0 Å². The monoisotopic (exact) mass is 759 g/mol. The summed E-state index contributed by atoms with van der Waals surface area (Å²) >= 11 is 0. The van der Waals surface area contributed by atoms with Gasteiger partial charge in [0.2, 0.25) is 0 Å². The summed E-state index contributed by atoms with van der Waals surface area (Å²) in [6, 6.07) is -0.249. The van der Waals surface area contributed by atoms with Gasteiger partial charge in [0.1, 0.15) is 42.6 Å². The number of cyclic esters (lactones) is 1. The van der Waals surface area contributed by atoms with E-state index in [1.165, 1.54) is 14.2 Å². The molecular formula is C39H69NO13. The third kappa shape index (κ3) is 12.5. The molecule has 0 bridgehead atoms. The fourth-order valence-corrected chi connectivity index (χ4v) is 8.31. The van der Waals surface area contributed by atoms with Crippen molar-refractivity contribution in [2.45, 2.75) is 166 Å². The first-order valence-corrected chi connectivity index (χ1v) is 19.6. The topological polar surface area (TPSA) is 180 Å². The van der Waals surface area contributed by atoms with Gasteiger partial charge in [-0.25, -0.2) is 0 Å². The molecule has 53 heavy (non-hydrogen) atoms. The molecule has 0 aliphatic carbocycles. The number of rotatable bonds is 11. The molecule has 3 rings (SSSR count). The molecule has 14 nitrogen and oxygen atoms in total. The van der Waals surface area contributed by atoms with Crippen LogP contribution >= 0.6 is 0 Å². The van der Waals surface area contributed by atoms with Crippen LogP contribution in [0.5, 0.6) is 0 Å². The molecule has 0 aromatic carbocycles. The molecule has 3 aliphatic rings. The van der Waals surface area contributed by atoms with Gasteiger partial charge in [0.15, 0.2) is 12.6 Å². The zero-order valence-corrected chi connectivity index (χ0v) is 33.6. The van der Waals surface area contributed by atoms with Gasteiger partial charge >= 0.3 is 5.97 Å². The zero-order valence-electron chi connectivity index (χ0n) is 33.6. The number of hydrogen-bond donors (Lipinski definition) is 3. The molecule has 0 saturated carbocycles. The second kappa shape index (κ2) is 21.6. The van der Waals surface area contributed by atoms with Gasteiger partial charge in [-0.3, -0.25) is 9.59 Å². The number of likely N-dealkylation sites (N-methyl/N-ethyl adjacent to an activating group) is 1. The van der Waals surface area contributed by atoms with Crippen LogP contribution in [0.1, 0.15) is 92.9 Å². The first-order valence-electron chi connectivity index (χ1n) is 19.6. The summed E-state index contributed by atoms with van der Waals surface area (Å²) in [4.78, 5) is 41.2. The Morgan fingerprint density at radius 1 is 0.868 bits per heavy atom. The van der Waals surface area contributed by atoms with Crippen LogP contribution in [0.2, 0.25) is 0 Å². The fraction of sp³-hybridized carbons (Fsp3) is 0.923. The van der Waals surface area contributed by atoms with E-state index >= 15 is 0 Å². The molecule has 0 radical (unpaired) electrons. The van der Waals surface area contributed by atoms with Crippen molar-refractivity contribution in [2.75, 3.05) is 34.9 Å². The van der Waals surface area contributed by atoms with Gasteiger partial charge in [-0.2, -0.15) is 0 Å². The third-order valence-corrected chi connectivity index (χ3v) is 11.7. The first kappa shape index (κ1) is 45.8. The molecule has 17 atom stereocenters. The predicted octanol–water partition coefficient (Wildman–Crippen LogP) is 2.90. The standard InChI is InChI=1S/C39H69NO13/c1-11-31-27(20-49-39-37(48-10)36(47-9)33(45)25(6)51-39)16-21(2)12-13-29(42)22(3)17-26(14-15-41)35(24(5)30(43)19-32(44)52-31)53-38-34(46)28(40(7)8)18-23(4)50-38/h15,21-28,30-31,33-39,43,45-46H,11-14,16-20H2,1-10H3/t21?,22-,23-,24+,25-,26+,27-,28+,30-,31-,33-,34-,35-,36-,37-,38+,39-/m1/s1. The van der Waals surface area contributed by atoms with E-state index in [1.54, 1.807) is 13.8 Å². The largest absolute Gasteiger partial charge is 0.462 e. The predicted molar refractivity (Wildman–Crippen MR) is 195 cm³/mol. The summed E-state index contributed by atoms with van der Waals surface area (Å²) in [7, 11) is 6.74. The molecule has 14 heteroatoms.